The first kappa shape index (κ1) is 12.0. The summed E-state index contributed by atoms with van der Waals surface area (Å²) < 4.78 is 0. The van der Waals surface area contributed by atoms with Gasteiger partial charge in [-0.2, -0.15) is 0 Å². The molecule has 15 heavy (non-hydrogen) atoms. The number of Topliss-reactive ketones (excluding diaryl/α,β-unsaturated/α-hetero) is 1. The molecule has 1 aromatic carbocycles. The Hall–Kier alpha value is -1.12. The van der Waals surface area contributed by atoms with E-state index in [4.69, 9.17) is 11.6 Å². The van der Waals surface area contributed by atoms with Gasteiger partial charge in [0.15, 0.2) is 5.78 Å². The average molecular weight is 224 g/mol. The molecule has 0 aliphatic rings. The number of rotatable bonds is 4. The number of carbonyl (C=O) groups excluding carboxylic acids is 1. The van der Waals surface area contributed by atoms with E-state index in [1.165, 1.54) is 0 Å². The molecule has 0 amide bonds. The molecule has 0 spiro atoms. The fourth-order valence-corrected chi connectivity index (χ4v) is 1.38. The van der Waals surface area contributed by atoms with Crippen LogP contribution in [0.1, 0.15) is 10.4 Å². The molecule has 1 rings (SSSR count). The van der Waals surface area contributed by atoms with E-state index in [-0.39, 0.29) is 5.78 Å². The van der Waals surface area contributed by atoms with Crippen molar-refractivity contribution in [2.24, 2.45) is 0 Å². The Morgan fingerprint density at radius 1 is 1.33 bits per heavy atom. The standard InChI is InChI=1S/C12H14ClNO/c1-9(8-14(2)3)12(15)10-4-6-11(13)7-5-10/h4-7H,1,8H2,2-3H3. The smallest absolute Gasteiger partial charge is 0.189 e. The average Bonchev–Trinajstić information content (AvgIpc) is 2.17. The first-order valence-corrected chi connectivity index (χ1v) is 5.01. The number of likely N-dealkylation sites (N-methyl/N-ethyl adjacent to an activating group) is 1. The molecular formula is C12H14ClNO. The third kappa shape index (κ3) is 3.50. The van der Waals surface area contributed by atoms with Crippen molar-refractivity contribution in [2.75, 3.05) is 20.6 Å². The fraction of sp³-hybridized carbons (Fsp3) is 0.250. The van der Waals surface area contributed by atoms with Gasteiger partial charge in [0, 0.05) is 22.7 Å². The zero-order chi connectivity index (χ0) is 11.4. The molecule has 3 heteroatoms. The van der Waals surface area contributed by atoms with Crippen molar-refractivity contribution in [2.45, 2.75) is 0 Å². The molecule has 0 aliphatic carbocycles. The number of carbonyl (C=O) groups is 1. The maximum absolute atomic E-state index is 11.8. The molecule has 1 aromatic rings. The SMILES string of the molecule is C=C(CN(C)C)C(=O)c1ccc(Cl)cc1. The van der Waals surface area contributed by atoms with E-state index in [9.17, 15) is 4.79 Å². The number of benzene rings is 1. The van der Waals surface area contributed by atoms with Gasteiger partial charge in [0.2, 0.25) is 0 Å². The Morgan fingerprint density at radius 2 is 1.87 bits per heavy atom. The minimum atomic E-state index is -0.0274. The molecule has 0 saturated heterocycles. The van der Waals surface area contributed by atoms with Crippen molar-refractivity contribution in [3.8, 4) is 0 Å². The van der Waals surface area contributed by atoms with E-state index >= 15 is 0 Å². The lowest BCUT2D eigenvalue weighted by molar-refractivity contribution is 0.102. The zero-order valence-corrected chi connectivity index (χ0v) is 9.71. The van der Waals surface area contributed by atoms with Gasteiger partial charge in [-0.05, 0) is 38.4 Å². The van der Waals surface area contributed by atoms with Gasteiger partial charge in [-0.15, -0.1) is 0 Å². The summed E-state index contributed by atoms with van der Waals surface area (Å²) in [7, 11) is 3.81. The molecule has 0 aliphatic heterocycles. The van der Waals surface area contributed by atoms with E-state index in [1.54, 1.807) is 24.3 Å². The number of hydrogen-bond donors (Lipinski definition) is 0. The summed E-state index contributed by atoms with van der Waals surface area (Å²) in [6.07, 6.45) is 0. The van der Waals surface area contributed by atoms with Gasteiger partial charge in [0.05, 0.1) is 0 Å². The van der Waals surface area contributed by atoms with Crippen LogP contribution in [0.2, 0.25) is 5.02 Å². The minimum Gasteiger partial charge on any atom is -0.305 e. The van der Waals surface area contributed by atoms with Crippen LogP contribution < -0.4 is 0 Å². The molecule has 0 bridgehead atoms. The van der Waals surface area contributed by atoms with Crippen molar-refractivity contribution in [1.82, 2.24) is 4.90 Å². The van der Waals surface area contributed by atoms with Crippen LogP contribution in [0, 0.1) is 0 Å². The predicted octanol–water partition coefficient (Wildman–Crippen LogP) is 2.64. The summed E-state index contributed by atoms with van der Waals surface area (Å²) in [6.45, 7) is 4.34. The largest absolute Gasteiger partial charge is 0.305 e. The number of nitrogens with zero attached hydrogens (tertiary/aromatic N) is 1. The highest BCUT2D eigenvalue weighted by atomic mass is 35.5. The normalized spacial score (nSPS) is 10.4. The van der Waals surface area contributed by atoms with E-state index in [2.05, 4.69) is 6.58 Å². The first-order chi connectivity index (χ1) is 7.00. The van der Waals surface area contributed by atoms with Crippen LogP contribution in [0.15, 0.2) is 36.4 Å². The molecule has 0 aromatic heterocycles. The second-order valence-corrected chi connectivity index (χ2v) is 4.11. The highest BCUT2D eigenvalue weighted by Gasteiger charge is 2.10. The number of ketones is 1. The summed E-state index contributed by atoms with van der Waals surface area (Å²) in [5.74, 6) is -0.0274. The summed E-state index contributed by atoms with van der Waals surface area (Å²) in [5, 5.41) is 0.629. The van der Waals surface area contributed by atoms with Crippen LogP contribution in [0.4, 0.5) is 0 Å². The van der Waals surface area contributed by atoms with Crippen LogP contribution in [0.5, 0.6) is 0 Å². The van der Waals surface area contributed by atoms with E-state index in [1.807, 2.05) is 19.0 Å². The van der Waals surface area contributed by atoms with Crippen LogP contribution in [0.3, 0.4) is 0 Å². The molecule has 80 valence electrons. The van der Waals surface area contributed by atoms with Crippen molar-refractivity contribution < 1.29 is 4.79 Å². The third-order valence-corrected chi connectivity index (χ3v) is 2.19. The highest BCUT2D eigenvalue weighted by molar-refractivity contribution is 6.30. The monoisotopic (exact) mass is 223 g/mol. The van der Waals surface area contributed by atoms with Crippen molar-refractivity contribution in [1.29, 1.82) is 0 Å². The summed E-state index contributed by atoms with van der Waals surface area (Å²) in [5.41, 5.74) is 1.22. The van der Waals surface area contributed by atoms with Gasteiger partial charge >= 0.3 is 0 Å². The second kappa shape index (κ2) is 5.10. The molecule has 0 unspecified atom stereocenters. The Balaban J connectivity index is 2.76. The Bertz CT molecular complexity index is 368. The Morgan fingerprint density at radius 3 is 2.33 bits per heavy atom. The summed E-state index contributed by atoms with van der Waals surface area (Å²) in [4.78, 5) is 13.7. The number of hydrogen-bond acceptors (Lipinski definition) is 2. The summed E-state index contributed by atoms with van der Waals surface area (Å²) in [6, 6.07) is 6.84. The lowest BCUT2D eigenvalue weighted by atomic mass is 10.0. The molecule has 0 heterocycles. The zero-order valence-electron chi connectivity index (χ0n) is 8.96. The molecule has 0 fully saturated rings. The minimum absolute atomic E-state index is 0.0274. The Labute approximate surface area is 95.2 Å². The van der Waals surface area contributed by atoms with Crippen LogP contribution >= 0.6 is 11.6 Å². The third-order valence-electron chi connectivity index (χ3n) is 1.93. The fourth-order valence-electron chi connectivity index (χ4n) is 1.26. The molecule has 0 radical (unpaired) electrons. The van der Waals surface area contributed by atoms with Gasteiger partial charge in [-0.1, -0.05) is 18.2 Å². The predicted molar refractivity (Wildman–Crippen MR) is 63.5 cm³/mol. The van der Waals surface area contributed by atoms with Gasteiger partial charge in [0.1, 0.15) is 0 Å². The topological polar surface area (TPSA) is 20.3 Å². The van der Waals surface area contributed by atoms with Crippen LogP contribution in [-0.2, 0) is 0 Å². The lowest BCUT2D eigenvalue weighted by Gasteiger charge is -2.11. The van der Waals surface area contributed by atoms with Crippen molar-refractivity contribution >= 4 is 17.4 Å². The van der Waals surface area contributed by atoms with Gasteiger partial charge in [-0.3, -0.25) is 4.79 Å². The lowest BCUT2D eigenvalue weighted by Crippen LogP contribution is -2.19. The first-order valence-electron chi connectivity index (χ1n) is 4.63. The molecule has 0 N–H and O–H groups in total. The van der Waals surface area contributed by atoms with Crippen LogP contribution in [-0.4, -0.2) is 31.3 Å². The maximum atomic E-state index is 11.8. The van der Waals surface area contributed by atoms with E-state index < -0.39 is 0 Å². The molecule has 0 atom stereocenters. The van der Waals surface area contributed by atoms with Crippen molar-refractivity contribution in [3.05, 3.63) is 47.0 Å². The molecular weight excluding hydrogens is 210 g/mol. The van der Waals surface area contributed by atoms with Crippen LogP contribution in [0.25, 0.3) is 0 Å². The summed E-state index contributed by atoms with van der Waals surface area (Å²) >= 11 is 5.74. The molecule has 2 nitrogen and oxygen atoms in total. The Kier molecular flexibility index (Phi) is 4.06. The van der Waals surface area contributed by atoms with Crippen molar-refractivity contribution in [3.63, 3.8) is 0 Å². The van der Waals surface area contributed by atoms with Gasteiger partial charge < -0.3 is 4.90 Å². The maximum Gasteiger partial charge on any atom is 0.189 e. The van der Waals surface area contributed by atoms with Gasteiger partial charge in [0.25, 0.3) is 0 Å². The highest BCUT2D eigenvalue weighted by Crippen LogP contribution is 2.12. The van der Waals surface area contributed by atoms with E-state index in [0.717, 1.165) is 0 Å². The second-order valence-electron chi connectivity index (χ2n) is 3.68. The van der Waals surface area contributed by atoms with Gasteiger partial charge in [-0.25, -0.2) is 0 Å². The van der Waals surface area contributed by atoms with E-state index in [0.29, 0.717) is 22.7 Å². The number of halogens is 1. The molecule has 0 saturated carbocycles. The quantitative estimate of drug-likeness (QED) is 0.578.